The average Bonchev–Trinajstić information content (AvgIpc) is 3.33. The predicted octanol–water partition coefficient (Wildman–Crippen LogP) is 7.04. The Hall–Kier alpha value is -4.77. The van der Waals surface area contributed by atoms with Crippen LogP contribution in [0, 0.1) is 20.8 Å². The zero-order valence-electron chi connectivity index (χ0n) is 41.0. The molecule has 0 saturated carbocycles. The Morgan fingerprint density at radius 1 is 0.701 bits per heavy atom. The lowest BCUT2D eigenvalue weighted by Gasteiger charge is -2.37. The summed E-state index contributed by atoms with van der Waals surface area (Å²) in [5.74, 6) is 0.326. The van der Waals surface area contributed by atoms with Crippen molar-refractivity contribution in [1.29, 1.82) is 0 Å². The number of rotatable bonds is 33. The number of benzene rings is 3. The van der Waals surface area contributed by atoms with Gasteiger partial charge in [0.1, 0.15) is 17.9 Å². The summed E-state index contributed by atoms with van der Waals surface area (Å²) in [6.07, 6.45) is 3.17. The highest BCUT2D eigenvalue weighted by atomic mass is 16.6. The Balaban J connectivity index is 1.26. The summed E-state index contributed by atoms with van der Waals surface area (Å²) >= 11 is 0. The number of amides is 2. The van der Waals surface area contributed by atoms with Crippen molar-refractivity contribution in [2.75, 3.05) is 113 Å². The number of ether oxygens (including phenoxy) is 10. The molecule has 15 nitrogen and oxygen atoms in total. The maximum absolute atomic E-state index is 14.4. The molecule has 1 aliphatic heterocycles. The predicted molar refractivity (Wildman–Crippen MR) is 255 cm³/mol. The molecular weight excluding hydrogens is 861 g/mol. The van der Waals surface area contributed by atoms with E-state index in [0.717, 1.165) is 35.1 Å². The van der Waals surface area contributed by atoms with E-state index in [2.05, 4.69) is 37.4 Å². The molecule has 0 aromatic heterocycles. The van der Waals surface area contributed by atoms with E-state index in [1.54, 1.807) is 25.2 Å². The van der Waals surface area contributed by atoms with Crippen LogP contribution in [-0.2, 0) is 54.0 Å². The molecule has 0 aliphatic carbocycles. The van der Waals surface area contributed by atoms with Crippen LogP contribution in [0.25, 0.3) is 0 Å². The number of aryl methyl sites for hydroxylation is 4. The molecule has 1 heterocycles. The number of piperidine rings is 1. The molecule has 1 unspecified atom stereocenters. The first kappa shape index (κ1) is 54.8. The van der Waals surface area contributed by atoms with Crippen molar-refractivity contribution < 1.29 is 61.8 Å². The standard InChI is InChI=1S/C52H76N2O13/c1-8-45(43-34-40(5)50(59-7)48(36-43)58-6)51(56)54-21-11-10-15-46(54)52(57)67-47(19-18-41-17-16-38(3)39(4)33-41)42-13-12-14-44(35-42)66-37-49(55)53-20-22-61-25-26-63-29-30-65-32-31-64-28-27-62-24-23-60-9-2/h12-14,16-17,33-36,45-47H,8-11,15,18-32,37H2,1-7H3,(H,53,55)/t45-,46-,47?/m0/s1. The van der Waals surface area contributed by atoms with Crippen LogP contribution in [0.4, 0.5) is 0 Å². The van der Waals surface area contributed by atoms with Crippen LogP contribution < -0.4 is 19.5 Å². The number of nitrogens with one attached hydrogen (secondary N) is 1. The molecule has 2 amide bonds. The molecule has 0 radical (unpaired) electrons. The number of methoxy groups -OCH3 is 2. The second-order valence-electron chi connectivity index (χ2n) is 16.4. The summed E-state index contributed by atoms with van der Waals surface area (Å²) in [5.41, 5.74) is 5.94. The molecule has 1 N–H and O–H groups in total. The van der Waals surface area contributed by atoms with Gasteiger partial charge in [-0.05, 0) is 118 Å². The van der Waals surface area contributed by atoms with E-state index >= 15 is 0 Å². The monoisotopic (exact) mass is 937 g/mol. The van der Waals surface area contributed by atoms with Gasteiger partial charge in [0.2, 0.25) is 5.91 Å². The third-order valence-electron chi connectivity index (χ3n) is 11.6. The van der Waals surface area contributed by atoms with Crippen molar-refractivity contribution in [3.8, 4) is 17.2 Å². The van der Waals surface area contributed by atoms with Crippen molar-refractivity contribution in [2.24, 2.45) is 0 Å². The Kier molecular flexibility index (Phi) is 25.6. The van der Waals surface area contributed by atoms with Gasteiger partial charge in [-0.15, -0.1) is 0 Å². The second-order valence-corrected chi connectivity index (χ2v) is 16.4. The third-order valence-corrected chi connectivity index (χ3v) is 11.6. The topological polar surface area (TPSA) is 159 Å². The van der Waals surface area contributed by atoms with Crippen LogP contribution in [-0.4, -0.2) is 142 Å². The molecule has 0 bridgehead atoms. The zero-order chi connectivity index (χ0) is 48.2. The van der Waals surface area contributed by atoms with Crippen LogP contribution >= 0.6 is 0 Å². The van der Waals surface area contributed by atoms with E-state index in [0.29, 0.717) is 135 Å². The van der Waals surface area contributed by atoms with Crippen molar-refractivity contribution in [2.45, 2.75) is 91.2 Å². The van der Waals surface area contributed by atoms with Crippen molar-refractivity contribution in [3.63, 3.8) is 0 Å². The number of likely N-dealkylation sites (tertiary alicyclic amines) is 1. The van der Waals surface area contributed by atoms with E-state index in [4.69, 9.17) is 47.4 Å². The van der Waals surface area contributed by atoms with Gasteiger partial charge in [0.15, 0.2) is 18.1 Å². The van der Waals surface area contributed by atoms with Crippen LogP contribution in [0.2, 0.25) is 0 Å². The number of carbonyl (C=O) groups excluding carboxylic acids is 3. The highest BCUT2D eigenvalue weighted by molar-refractivity contribution is 5.89. The largest absolute Gasteiger partial charge is 0.493 e. The fraction of sp³-hybridized carbons (Fsp3) is 0.596. The Labute approximate surface area is 398 Å². The normalized spacial score (nSPS) is 14.6. The van der Waals surface area contributed by atoms with Gasteiger partial charge >= 0.3 is 5.97 Å². The Morgan fingerprint density at radius 2 is 1.36 bits per heavy atom. The highest BCUT2D eigenvalue weighted by Gasteiger charge is 2.38. The molecule has 1 aliphatic rings. The number of nitrogens with zero attached hydrogens (tertiary/aromatic N) is 1. The summed E-state index contributed by atoms with van der Waals surface area (Å²) in [6.45, 7) is 16.4. The number of hydrogen-bond donors (Lipinski definition) is 1. The lowest BCUT2D eigenvalue weighted by atomic mass is 9.91. The van der Waals surface area contributed by atoms with E-state index in [-0.39, 0.29) is 18.4 Å². The average molecular weight is 937 g/mol. The molecule has 1 fully saturated rings. The Morgan fingerprint density at radius 3 is 1.97 bits per heavy atom. The first-order valence-corrected chi connectivity index (χ1v) is 23.9. The fourth-order valence-electron chi connectivity index (χ4n) is 7.86. The summed E-state index contributed by atoms with van der Waals surface area (Å²) in [7, 11) is 3.18. The molecular formula is C52H76N2O13. The van der Waals surface area contributed by atoms with E-state index in [9.17, 15) is 14.4 Å². The number of esters is 1. The number of hydrogen-bond acceptors (Lipinski definition) is 13. The van der Waals surface area contributed by atoms with Gasteiger partial charge in [-0.3, -0.25) is 9.59 Å². The van der Waals surface area contributed by atoms with Gasteiger partial charge in [-0.1, -0.05) is 43.3 Å². The summed E-state index contributed by atoms with van der Waals surface area (Å²) in [6, 6.07) is 16.8. The quantitative estimate of drug-likeness (QED) is 0.0491. The van der Waals surface area contributed by atoms with E-state index < -0.39 is 24.0 Å². The van der Waals surface area contributed by atoms with Crippen molar-refractivity contribution >= 4 is 17.8 Å². The molecule has 0 spiro atoms. The second kappa shape index (κ2) is 31.3. The first-order valence-electron chi connectivity index (χ1n) is 23.9. The van der Waals surface area contributed by atoms with Gasteiger partial charge < -0.3 is 57.6 Å². The fourth-order valence-corrected chi connectivity index (χ4v) is 7.86. The molecule has 1 saturated heterocycles. The van der Waals surface area contributed by atoms with Crippen LogP contribution in [0.15, 0.2) is 54.6 Å². The van der Waals surface area contributed by atoms with Gasteiger partial charge in [0.25, 0.3) is 5.91 Å². The molecule has 15 heteroatoms. The smallest absolute Gasteiger partial charge is 0.329 e. The SMILES string of the molecule is CCOCCOCCOCCOCCOCCOCCNC(=O)COc1cccc(C(CCc2ccc(C)c(C)c2)OC(=O)[C@@H]2CCCCN2C(=O)[C@@H](CC)c2cc(C)c(OC)c(OC)c2)c1. The summed E-state index contributed by atoms with van der Waals surface area (Å²) < 4.78 is 56.2. The van der Waals surface area contributed by atoms with Gasteiger partial charge in [-0.25, -0.2) is 4.79 Å². The molecule has 3 atom stereocenters. The molecule has 3 aromatic rings. The Bertz CT molecular complexity index is 1930. The summed E-state index contributed by atoms with van der Waals surface area (Å²) in [5, 5.41) is 2.82. The van der Waals surface area contributed by atoms with Gasteiger partial charge in [0.05, 0.1) is 92.8 Å². The zero-order valence-corrected chi connectivity index (χ0v) is 41.0. The summed E-state index contributed by atoms with van der Waals surface area (Å²) in [4.78, 5) is 43.2. The van der Waals surface area contributed by atoms with Gasteiger partial charge in [-0.2, -0.15) is 0 Å². The van der Waals surface area contributed by atoms with E-state index in [1.165, 1.54) is 11.1 Å². The highest BCUT2D eigenvalue weighted by Crippen LogP contribution is 2.37. The number of carbonyl (C=O) groups is 3. The third kappa shape index (κ3) is 19.0. The van der Waals surface area contributed by atoms with E-state index in [1.807, 2.05) is 51.1 Å². The first-order chi connectivity index (χ1) is 32.6. The maximum atomic E-state index is 14.4. The minimum Gasteiger partial charge on any atom is -0.493 e. The maximum Gasteiger partial charge on any atom is 0.329 e. The van der Waals surface area contributed by atoms with Crippen molar-refractivity contribution in [1.82, 2.24) is 10.2 Å². The van der Waals surface area contributed by atoms with Crippen molar-refractivity contribution in [3.05, 3.63) is 88.0 Å². The molecule has 4 rings (SSSR count). The molecule has 372 valence electrons. The minimum absolute atomic E-state index is 0.112. The van der Waals surface area contributed by atoms with Crippen LogP contribution in [0.3, 0.4) is 0 Å². The van der Waals surface area contributed by atoms with Gasteiger partial charge in [0, 0.05) is 19.7 Å². The molecule has 3 aromatic carbocycles. The van der Waals surface area contributed by atoms with Crippen LogP contribution in [0.5, 0.6) is 17.2 Å². The van der Waals surface area contributed by atoms with Crippen LogP contribution in [0.1, 0.15) is 91.4 Å². The lowest BCUT2D eigenvalue weighted by molar-refractivity contribution is -0.162. The minimum atomic E-state index is -0.732. The molecule has 67 heavy (non-hydrogen) atoms. The lowest BCUT2D eigenvalue weighted by Crippen LogP contribution is -2.50.